The van der Waals surface area contributed by atoms with Gasteiger partial charge in [-0.25, -0.2) is 0 Å². The smallest absolute Gasteiger partial charge is 0.331 e. The second-order valence-corrected chi connectivity index (χ2v) is 1.16. The van der Waals surface area contributed by atoms with Crippen LogP contribution < -0.4 is 0 Å². The summed E-state index contributed by atoms with van der Waals surface area (Å²) in [6.45, 7) is -1.73. The van der Waals surface area contributed by atoms with Gasteiger partial charge in [-0.15, -0.1) is 0 Å². The van der Waals surface area contributed by atoms with Crippen LogP contribution in [0.5, 0.6) is 0 Å². The second kappa shape index (κ2) is 1.99. The third-order valence-corrected chi connectivity index (χ3v) is 0.319. The Kier molecular flexibility index (Phi) is 1.80. The van der Waals surface area contributed by atoms with E-state index >= 15 is 0 Å². The minimum Gasteiger partial charge on any atom is -0.331 e. The largest absolute Gasteiger partial charge is 0.418 e. The fraction of sp³-hybridized carbons (Fsp3) is 1.00. The van der Waals surface area contributed by atoms with Gasteiger partial charge >= 0.3 is 6.11 Å². The molecule has 0 aromatic heterocycles. The van der Waals surface area contributed by atoms with E-state index in [2.05, 4.69) is 0 Å². The molecule has 0 bridgehead atoms. The molecule has 0 aliphatic heterocycles. The Labute approximate surface area is 42.9 Å². The maximum absolute atomic E-state index is 11.1. The van der Waals surface area contributed by atoms with Gasteiger partial charge in [0.2, 0.25) is 0 Å². The average molecular weight is 127 g/mol. The van der Waals surface area contributed by atoms with Gasteiger partial charge in [-0.3, -0.25) is 10.1 Å². The van der Waals surface area contributed by atoms with Crippen molar-refractivity contribution in [2.45, 2.75) is 6.11 Å². The van der Waals surface area contributed by atoms with E-state index in [9.17, 15) is 18.9 Å². The van der Waals surface area contributed by atoms with E-state index in [1.807, 2.05) is 0 Å². The van der Waals surface area contributed by atoms with Crippen LogP contribution >= 0.6 is 0 Å². The SMILES string of the molecule is O=[N+]([O-])CC(O)(F)F. The van der Waals surface area contributed by atoms with Gasteiger partial charge in [-0.05, 0) is 0 Å². The third-order valence-electron chi connectivity index (χ3n) is 0.319. The number of hydrogen-bond acceptors (Lipinski definition) is 3. The third kappa shape index (κ3) is 5.22. The molecule has 0 saturated carbocycles. The quantitative estimate of drug-likeness (QED) is 0.414. The molecule has 8 heavy (non-hydrogen) atoms. The van der Waals surface area contributed by atoms with Crippen molar-refractivity contribution in [2.75, 3.05) is 6.54 Å². The van der Waals surface area contributed by atoms with Crippen molar-refractivity contribution in [1.82, 2.24) is 0 Å². The highest BCUT2D eigenvalue weighted by molar-refractivity contribution is 4.40. The van der Waals surface area contributed by atoms with Crippen LogP contribution in [0.25, 0.3) is 0 Å². The molecule has 0 aromatic carbocycles. The maximum Gasteiger partial charge on any atom is 0.418 e. The summed E-state index contributed by atoms with van der Waals surface area (Å²) in [5.41, 5.74) is 0. The molecule has 0 spiro atoms. The highest BCUT2D eigenvalue weighted by Gasteiger charge is 2.31. The summed E-state index contributed by atoms with van der Waals surface area (Å²) >= 11 is 0. The van der Waals surface area contributed by atoms with Gasteiger partial charge in [0.15, 0.2) is 0 Å². The van der Waals surface area contributed by atoms with Crippen LogP contribution in [-0.4, -0.2) is 22.7 Å². The fourth-order valence-corrected chi connectivity index (χ4v) is 0.155. The van der Waals surface area contributed by atoms with Crippen LogP contribution in [0, 0.1) is 10.1 Å². The van der Waals surface area contributed by atoms with E-state index in [4.69, 9.17) is 5.11 Å². The standard InChI is InChI=1S/C2H3F2NO3/c3-2(4,6)1-5(7)8/h6H,1H2. The topological polar surface area (TPSA) is 63.4 Å². The van der Waals surface area contributed by atoms with Crippen molar-refractivity contribution >= 4 is 0 Å². The molecule has 0 atom stereocenters. The lowest BCUT2D eigenvalue weighted by atomic mass is 10.6. The summed E-state index contributed by atoms with van der Waals surface area (Å²) in [6.07, 6.45) is -4.18. The van der Waals surface area contributed by atoms with Crippen LogP contribution in [-0.2, 0) is 0 Å². The molecule has 0 aliphatic carbocycles. The summed E-state index contributed by atoms with van der Waals surface area (Å²) in [6, 6.07) is 0. The number of nitro groups is 1. The van der Waals surface area contributed by atoms with E-state index < -0.39 is 17.6 Å². The number of halogens is 2. The van der Waals surface area contributed by atoms with Crippen LogP contribution in [0.15, 0.2) is 0 Å². The summed E-state index contributed by atoms with van der Waals surface area (Å²) in [5, 5.41) is 16.6. The normalized spacial score (nSPS) is 11.4. The van der Waals surface area contributed by atoms with Crippen molar-refractivity contribution in [2.24, 2.45) is 0 Å². The van der Waals surface area contributed by atoms with Crippen LogP contribution in [0.4, 0.5) is 8.78 Å². The van der Waals surface area contributed by atoms with Crippen molar-refractivity contribution in [3.8, 4) is 0 Å². The van der Waals surface area contributed by atoms with Crippen molar-refractivity contribution < 1.29 is 18.8 Å². The van der Waals surface area contributed by atoms with Gasteiger partial charge in [0.1, 0.15) is 0 Å². The molecule has 0 fully saturated rings. The molecule has 0 saturated heterocycles. The molecular formula is C2H3F2NO3. The molecule has 6 heteroatoms. The number of hydrogen-bond donors (Lipinski definition) is 1. The lowest BCUT2D eigenvalue weighted by Crippen LogP contribution is -2.25. The molecule has 0 radical (unpaired) electrons. The predicted octanol–water partition coefficient (Wildman–Crippen LogP) is -0.152. The molecule has 0 amide bonds. The van der Waals surface area contributed by atoms with Gasteiger partial charge in [-0.1, -0.05) is 0 Å². The van der Waals surface area contributed by atoms with Gasteiger partial charge < -0.3 is 5.11 Å². The summed E-state index contributed by atoms with van der Waals surface area (Å²) in [7, 11) is 0. The highest BCUT2D eigenvalue weighted by atomic mass is 19.3. The molecule has 48 valence electrons. The van der Waals surface area contributed by atoms with E-state index in [1.165, 1.54) is 0 Å². The minimum atomic E-state index is -4.18. The Morgan fingerprint density at radius 1 is 1.75 bits per heavy atom. The molecule has 1 N–H and O–H groups in total. The number of rotatable bonds is 2. The Morgan fingerprint density at radius 2 is 2.12 bits per heavy atom. The molecular weight excluding hydrogens is 124 g/mol. The van der Waals surface area contributed by atoms with Gasteiger partial charge in [0.25, 0.3) is 6.54 Å². The average Bonchev–Trinajstić information content (AvgIpc) is 1.21. The first kappa shape index (κ1) is 7.22. The van der Waals surface area contributed by atoms with Crippen molar-refractivity contribution in [3.05, 3.63) is 10.1 Å². The van der Waals surface area contributed by atoms with E-state index in [1.54, 1.807) is 0 Å². The zero-order valence-electron chi connectivity index (χ0n) is 3.67. The predicted molar refractivity (Wildman–Crippen MR) is 19.0 cm³/mol. The van der Waals surface area contributed by atoms with E-state index in [0.29, 0.717) is 0 Å². The maximum atomic E-state index is 11.1. The Bertz CT molecular complexity index is 97.9. The first-order valence-corrected chi connectivity index (χ1v) is 1.64. The highest BCUT2D eigenvalue weighted by Crippen LogP contribution is 2.06. The molecule has 0 aliphatic rings. The molecule has 0 rings (SSSR count). The lowest BCUT2D eigenvalue weighted by molar-refractivity contribution is -0.524. The number of alkyl halides is 2. The summed E-state index contributed by atoms with van der Waals surface area (Å²) < 4.78 is 22.2. The van der Waals surface area contributed by atoms with Crippen molar-refractivity contribution in [3.63, 3.8) is 0 Å². The summed E-state index contributed by atoms with van der Waals surface area (Å²) in [5.74, 6) is 0. The monoisotopic (exact) mass is 127 g/mol. The van der Waals surface area contributed by atoms with Crippen LogP contribution in [0.1, 0.15) is 0 Å². The Hall–Kier alpha value is -0.780. The molecule has 0 unspecified atom stereocenters. The Morgan fingerprint density at radius 3 is 2.12 bits per heavy atom. The number of aliphatic hydroxyl groups is 1. The minimum absolute atomic E-state index is 1.29. The lowest BCUT2D eigenvalue weighted by Gasteiger charge is -1.99. The zero-order chi connectivity index (χ0) is 6.78. The first-order chi connectivity index (χ1) is 3.42. The van der Waals surface area contributed by atoms with E-state index in [-0.39, 0.29) is 0 Å². The van der Waals surface area contributed by atoms with Gasteiger partial charge in [0, 0.05) is 4.92 Å². The Balaban J connectivity index is 3.55. The second-order valence-electron chi connectivity index (χ2n) is 1.16. The molecule has 0 aromatic rings. The van der Waals surface area contributed by atoms with E-state index in [0.717, 1.165) is 0 Å². The zero-order valence-corrected chi connectivity index (χ0v) is 3.67. The first-order valence-electron chi connectivity index (χ1n) is 1.64. The van der Waals surface area contributed by atoms with Crippen LogP contribution in [0.3, 0.4) is 0 Å². The van der Waals surface area contributed by atoms with Crippen molar-refractivity contribution in [1.29, 1.82) is 0 Å². The number of nitrogens with zero attached hydrogens (tertiary/aromatic N) is 1. The van der Waals surface area contributed by atoms with Crippen LogP contribution in [0.2, 0.25) is 0 Å². The molecule has 4 nitrogen and oxygen atoms in total. The van der Waals surface area contributed by atoms with Gasteiger partial charge in [-0.2, -0.15) is 8.78 Å². The summed E-state index contributed by atoms with van der Waals surface area (Å²) in [4.78, 5) is 7.89. The fourth-order valence-electron chi connectivity index (χ4n) is 0.155. The molecule has 0 heterocycles. The van der Waals surface area contributed by atoms with Gasteiger partial charge in [0.05, 0.1) is 0 Å².